The lowest BCUT2D eigenvalue weighted by Crippen LogP contribution is -2.01. The first-order chi connectivity index (χ1) is 8.58. The van der Waals surface area contributed by atoms with Gasteiger partial charge in [-0.25, -0.2) is 4.79 Å². The number of carboxylic acid groups (broad SMARTS) is 1. The zero-order valence-corrected chi connectivity index (χ0v) is 11.6. The van der Waals surface area contributed by atoms with Gasteiger partial charge in [0.25, 0.3) is 0 Å². The predicted octanol–water partition coefficient (Wildman–Crippen LogP) is 3.37. The van der Waals surface area contributed by atoms with Crippen molar-refractivity contribution in [2.45, 2.75) is 6.61 Å². The van der Waals surface area contributed by atoms with Gasteiger partial charge in [-0.3, -0.25) is 0 Å². The zero-order valence-electron chi connectivity index (χ0n) is 9.22. The van der Waals surface area contributed by atoms with Crippen LogP contribution < -0.4 is 10.5 Å². The third kappa shape index (κ3) is 2.83. The smallest absolute Gasteiger partial charge is 0.335 e. The topological polar surface area (TPSA) is 72.6 Å². The molecule has 0 spiro atoms. The molecule has 2 aromatic rings. The van der Waals surface area contributed by atoms with Gasteiger partial charge in [-0.15, -0.1) is 11.3 Å². The third-order valence-corrected chi connectivity index (χ3v) is 4.21. The fraction of sp³-hybridized carbons (Fsp3) is 0.0833. The number of hydrogen-bond acceptors (Lipinski definition) is 4. The van der Waals surface area contributed by atoms with E-state index in [0.717, 1.165) is 9.35 Å². The van der Waals surface area contributed by atoms with Crippen LogP contribution in [0.5, 0.6) is 5.75 Å². The van der Waals surface area contributed by atoms with Crippen LogP contribution in [-0.4, -0.2) is 11.1 Å². The maximum Gasteiger partial charge on any atom is 0.335 e. The Morgan fingerprint density at radius 1 is 1.44 bits per heavy atom. The number of ether oxygens (including phenoxy) is 1. The SMILES string of the molecule is Nc1cc(C(=O)O)ccc1OCc1sccc1Br. The van der Waals surface area contributed by atoms with Crippen molar-refractivity contribution >= 4 is 38.9 Å². The minimum atomic E-state index is -1.01. The minimum absolute atomic E-state index is 0.150. The summed E-state index contributed by atoms with van der Waals surface area (Å²) in [6, 6.07) is 6.37. The van der Waals surface area contributed by atoms with E-state index in [1.807, 2.05) is 11.4 Å². The molecule has 0 bridgehead atoms. The summed E-state index contributed by atoms with van der Waals surface area (Å²) in [5.74, 6) is -0.519. The van der Waals surface area contributed by atoms with Gasteiger partial charge in [-0.05, 0) is 45.6 Å². The van der Waals surface area contributed by atoms with Crippen molar-refractivity contribution in [2.24, 2.45) is 0 Å². The van der Waals surface area contributed by atoms with Gasteiger partial charge in [0.15, 0.2) is 0 Å². The summed E-state index contributed by atoms with van der Waals surface area (Å²) in [7, 11) is 0. The molecule has 0 saturated heterocycles. The first-order valence-corrected chi connectivity index (χ1v) is 6.72. The van der Waals surface area contributed by atoms with Gasteiger partial charge in [0.2, 0.25) is 0 Å². The number of carbonyl (C=O) groups is 1. The molecule has 0 saturated carbocycles. The quantitative estimate of drug-likeness (QED) is 0.844. The number of anilines is 1. The Bertz CT molecular complexity index is 582. The monoisotopic (exact) mass is 327 g/mol. The number of rotatable bonds is 4. The third-order valence-electron chi connectivity index (χ3n) is 2.31. The number of nitrogen functional groups attached to an aromatic ring is 1. The van der Waals surface area contributed by atoms with Crippen molar-refractivity contribution in [1.29, 1.82) is 0 Å². The van der Waals surface area contributed by atoms with E-state index in [4.69, 9.17) is 15.6 Å². The van der Waals surface area contributed by atoms with Crippen LogP contribution in [0, 0.1) is 0 Å². The van der Waals surface area contributed by atoms with Gasteiger partial charge in [-0.1, -0.05) is 0 Å². The van der Waals surface area contributed by atoms with E-state index >= 15 is 0 Å². The number of nitrogens with two attached hydrogens (primary N) is 1. The highest BCUT2D eigenvalue weighted by atomic mass is 79.9. The first-order valence-electron chi connectivity index (χ1n) is 5.05. The molecule has 1 aromatic carbocycles. The highest BCUT2D eigenvalue weighted by Gasteiger charge is 2.08. The molecular weight excluding hydrogens is 318 g/mol. The molecule has 0 aliphatic carbocycles. The minimum Gasteiger partial charge on any atom is -0.486 e. The molecule has 6 heteroatoms. The Labute approximate surface area is 116 Å². The normalized spacial score (nSPS) is 10.3. The number of benzene rings is 1. The maximum atomic E-state index is 10.8. The van der Waals surface area contributed by atoms with E-state index in [-0.39, 0.29) is 5.56 Å². The maximum absolute atomic E-state index is 10.8. The molecule has 1 heterocycles. The highest BCUT2D eigenvalue weighted by molar-refractivity contribution is 9.10. The van der Waals surface area contributed by atoms with Gasteiger partial charge < -0.3 is 15.6 Å². The number of carboxylic acids is 1. The number of hydrogen-bond donors (Lipinski definition) is 2. The molecule has 1 aromatic heterocycles. The molecule has 4 nitrogen and oxygen atoms in total. The van der Waals surface area contributed by atoms with Gasteiger partial charge in [0, 0.05) is 4.47 Å². The summed E-state index contributed by atoms with van der Waals surface area (Å²) >= 11 is 4.99. The van der Waals surface area contributed by atoms with Crippen LogP contribution in [0.4, 0.5) is 5.69 Å². The van der Waals surface area contributed by atoms with Crippen molar-refractivity contribution in [1.82, 2.24) is 0 Å². The number of halogens is 1. The second-order valence-corrected chi connectivity index (χ2v) is 5.39. The van der Waals surface area contributed by atoms with E-state index in [9.17, 15) is 4.79 Å². The van der Waals surface area contributed by atoms with Crippen molar-refractivity contribution in [3.05, 3.63) is 44.6 Å². The van der Waals surface area contributed by atoms with Crippen molar-refractivity contribution in [3.63, 3.8) is 0 Å². The van der Waals surface area contributed by atoms with E-state index in [1.165, 1.54) is 12.1 Å². The van der Waals surface area contributed by atoms with E-state index in [0.29, 0.717) is 18.0 Å². The lowest BCUT2D eigenvalue weighted by molar-refractivity contribution is 0.0697. The largest absolute Gasteiger partial charge is 0.486 e. The Hall–Kier alpha value is -1.53. The Morgan fingerprint density at radius 2 is 2.22 bits per heavy atom. The van der Waals surface area contributed by atoms with Crippen LogP contribution in [0.15, 0.2) is 34.1 Å². The molecule has 0 fully saturated rings. The molecule has 2 rings (SSSR count). The van der Waals surface area contributed by atoms with Crippen molar-refractivity contribution in [3.8, 4) is 5.75 Å². The van der Waals surface area contributed by atoms with Gasteiger partial charge >= 0.3 is 5.97 Å². The van der Waals surface area contributed by atoms with Crippen LogP contribution in [-0.2, 0) is 6.61 Å². The van der Waals surface area contributed by atoms with Crippen LogP contribution in [0.3, 0.4) is 0 Å². The second-order valence-electron chi connectivity index (χ2n) is 3.54. The van der Waals surface area contributed by atoms with Crippen LogP contribution >= 0.6 is 27.3 Å². The fourth-order valence-corrected chi connectivity index (χ4v) is 2.76. The van der Waals surface area contributed by atoms with Crippen LogP contribution in [0.1, 0.15) is 15.2 Å². The van der Waals surface area contributed by atoms with Crippen molar-refractivity contribution < 1.29 is 14.6 Å². The Kier molecular flexibility index (Phi) is 3.88. The first kappa shape index (κ1) is 12.9. The van der Waals surface area contributed by atoms with E-state index in [2.05, 4.69) is 15.9 Å². The van der Waals surface area contributed by atoms with E-state index < -0.39 is 5.97 Å². The van der Waals surface area contributed by atoms with Gasteiger partial charge in [-0.2, -0.15) is 0 Å². The molecule has 94 valence electrons. The summed E-state index contributed by atoms with van der Waals surface area (Å²) in [6.45, 7) is 0.398. The van der Waals surface area contributed by atoms with Crippen molar-refractivity contribution in [2.75, 3.05) is 5.73 Å². The van der Waals surface area contributed by atoms with E-state index in [1.54, 1.807) is 17.4 Å². The number of aromatic carboxylic acids is 1. The summed E-state index contributed by atoms with van der Waals surface area (Å²) in [5, 5.41) is 10.8. The molecule has 0 aliphatic rings. The lowest BCUT2D eigenvalue weighted by Gasteiger charge is -2.08. The standard InChI is InChI=1S/C12H10BrNO3S/c13-8-3-4-18-11(8)6-17-10-2-1-7(12(15)16)5-9(10)14/h1-5H,6,14H2,(H,15,16). The lowest BCUT2D eigenvalue weighted by atomic mass is 10.2. The summed E-state index contributed by atoms with van der Waals surface area (Å²) in [6.07, 6.45) is 0. The molecule has 0 unspecified atom stereocenters. The molecule has 0 atom stereocenters. The van der Waals surface area contributed by atoms with Gasteiger partial charge in [0.1, 0.15) is 12.4 Å². The molecule has 0 amide bonds. The molecule has 0 radical (unpaired) electrons. The zero-order chi connectivity index (χ0) is 13.1. The molecular formula is C12H10BrNO3S. The Morgan fingerprint density at radius 3 is 2.78 bits per heavy atom. The fourth-order valence-electron chi connectivity index (χ4n) is 1.38. The second kappa shape index (κ2) is 5.41. The molecule has 0 aliphatic heterocycles. The summed E-state index contributed by atoms with van der Waals surface area (Å²) in [4.78, 5) is 11.8. The van der Waals surface area contributed by atoms with Crippen LogP contribution in [0.25, 0.3) is 0 Å². The van der Waals surface area contributed by atoms with Crippen LogP contribution in [0.2, 0.25) is 0 Å². The van der Waals surface area contributed by atoms with Gasteiger partial charge in [0.05, 0.1) is 16.1 Å². The average molecular weight is 328 g/mol. The molecule has 18 heavy (non-hydrogen) atoms. The highest BCUT2D eigenvalue weighted by Crippen LogP contribution is 2.27. The summed E-state index contributed by atoms with van der Waals surface area (Å²) < 4.78 is 6.55. The Balaban J connectivity index is 2.11. The predicted molar refractivity (Wildman–Crippen MR) is 74.2 cm³/mol. The average Bonchev–Trinajstić information content (AvgIpc) is 2.73. The summed E-state index contributed by atoms with van der Waals surface area (Å²) in [5.41, 5.74) is 6.21. The molecule has 3 N–H and O–H groups in total. The number of thiophene rings is 1.